The Hall–Kier alpha value is -3.12. The zero-order valence-corrected chi connectivity index (χ0v) is 15.0. The van der Waals surface area contributed by atoms with Gasteiger partial charge in [0.1, 0.15) is 11.3 Å². The van der Waals surface area contributed by atoms with E-state index in [9.17, 15) is 9.59 Å². The van der Waals surface area contributed by atoms with E-state index < -0.39 is 11.5 Å². The van der Waals surface area contributed by atoms with Gasteiger partial charge in [-0.3, -0.25) is 4.79 Å². The van der Waals surface area contributed by atoms with Crippen molar-refractivity contribution in [3.05, 3.63) is 70.1 Å². The average Bonchev–Trinajstić information content (AvgIpc) is 3.41. The number of carbonyl (C=O) groups is 1. The Labute approximate surface area is 155 Å². The average molecular weight is 364 g/mol. The second-order valence-electron chi connectivity index (χ2n) is 6.71. The number of para-hydroxylation sites is 1. The van der Waals surface area contributed by atoms with Gasteiger partial charge >= 0.3 is 5.63 Å². The van der Waals surface area contributed by atoms with E-state index in [2.05, 4.69) is 5.32 Å². The normalized spacial score (nSPS) is 14.7. The lowest BCUT2D eigenvalue weighted by Gasteiger charge is -2.13. The van der Waals surface area contributed by atoms with Crippen LogP contribution in [0.25, 0.3) is 11.0 Å². The largest absolute Gasteiger partial charge is 0.492 e. The number of fused-ring (bicyclic) bond motifs is 1. The van der Waals surface area contributed by atoms with Gasteiger partial charge in [-0.25, -0.2) is 4.79 Å². The van der Waals surface area contributed by atoms with E-state index in [0.29, 0.717) is 23.3 Å². The summed E-state index contributed by atoms with van der Waals surface area (Å²) in [5, 5.41) is 3.32. The molecule has 1 amide bonds. The van der Waals surface area contributed by atoms with Crippen LogP contribution in [0.5, 0.6) is 5.75 Å². The van der Waals surface area contributed by atoms with Crippen molar-refractivity contribution in [2.24, 2.45) is 5.73 Å². The maximum Gasteiger partial charge on any atom is 0.353 e. The molecule has 0 unspecified atom stereocenters. The fourth-order valence-corrected chi connectivity index (χ4v) is 3.11. The highest BCUT2D eigenvalue weighted by molar-refractivity contribution is 6.08. The SMILES string of the molecule is CCOc1c(C(=O)Nc2ccc(C3(N)CC3)cc2)c(=O)oc2ccccc12. The van der Waals surface area contributed by atoms with Crippen molar-refractivity contribution in [1.29, 1.82) is 0 Å². The summed E-state index contributed by atoms with van der Waals surface area (Å²) in [7, 11) is 0. The summed E-state index contributed by atoms with van der Waals surface area (Å²) in [5.41, 5.74) is 7.07. The van der Waals surface area contributed by atoms with Crippen LogP contribution in [0.2, 0.25) is 0 Å². The highest BCUT2D eigenvalue weighted by Gasteiger charge is 2.39. The van der Waals surface area contributed by atoms with Crippen LogP contribution in [0.3, 0.4) is 0 Å². The number of nitrogens with one attached hydrogen (secondary N) is 1. The highest BCUT2D eigenvalue weighted by atomic mass is 16.5. The first-order chi connectivity index (χ1) is 13.0. The van der Waals surface area contributed by atoms with Crippen LogP contribution in [-0.2, 0) is 5.54 Å². The third-order valence-corrected chi connectivity index (χ3v) is 4.79. The van der Waals surface area contributed by atoms with Crippen molar-refractivity contribution >= 4 is 22.6 Å². The summed E-state index contributed by atoms with van der Waals surface area (Å²) in [4.78, 5) is 25.2. The van der Waals surface area contributed by atoms with Crippen LogP contribution in [0, 0.1) is 0 Å². The summed E-state index contributed by atoms with van der Waals surface area (Å²) < 4.78 is 10.9. The molecule has 1 aromatic heterocycles. The fraction of sp³-hybridized carbons (Fsp3) is 0.238. The molecule has 0 bridgehead atoms. The van der Waals surface area contributed by atoms with E-state index in [1.165, 1.54) is 0 Å². The molecule has 138 valence electrons. The maximum absolute atomic E-state index is 12.8. The monoisotopic (exact) mass is 364 g/mol. The number of benzene rings is 2. The molecule has 27 heavy (non-hydrogen) atoms. The second-order valence-corrected chi connectivity index (χ2v) is 6.71. The molecule has 1 aliphatic carbocycles. The standard InChI is InChI=1S/C21H20N2O4/c1-2-26-18-15-5-3-4-6-16(15)27-20(25)17(18)19(24)23-14-9-7-13(8-10-14)21(22)11-12-21/h3-10H,2,11-12,22H2,1H3,(H,23,24). The molecule has 1 heterocycles. The van der Waals surface area contributed by atoms with Crippen molar-refractivity contribution in [2.75, 3.05) is 11.9 Å². The van der Waals surface area contributed by atoms with Gasteiger partial charge < -0.3 is 20.2 Å². The van der Waals surface area contributed by atoms with Crippen LogP contribution in [0.15, 0.2) is 57.7 Å². The molecule has 0 spiro atoms. The van der Waals surface area contributed by atoms with Gasteiger partial charge in [-0.05, 0) is 49.6 Å². The van der Waals surface area contributed by atoms with Crippen molar-refractivity contribution in [3.63, 3.8) is 0 Å². The second kappa shape index (κ2) is 6.55. The third kappa shape index (κ3) is 3.19. The maximum atomic E-state index is 12.8. The Bertz CT molecular complexity index is 1070. The van der Waals surface area contributed by atoms with E-state index in [4.69, 9.17) is 14.9 Å². The molecule has 2 aromatic carbocycles. The van der Waals surface area contributed by atoms with Crippen molar-refractivity contribution in [1.82, 2.24) is 0 Å². The molecule has 1 fully saturated rings. The van der Waals surface area contributed by atoms with Crippen LogP contribution in [-0.4, -0.2) is 12.5 Å². The van der Waals surface area contributed by atoms with E-state index in [-0.39, 0.29) is 16.9 Å². The fourth-order valence-electron chi connectivity index (χ4n) is 3.11. The Balaban J connectivity index is 1.68. The van der Waals surface area contributed by atoms with Crippen LogP contribution in [0.1, 0.15) is 35.7 Å². The zero-order valence-electron chi connectivity index (χ0n) is 15.0. The van der Waals surface area contributed by atoms with E-state index >= 15 is 0 Å². The number of nitrogens with two attached hydrogens (primary N) is 1. The first kappa shape index (κ1) is 17.3. The number of ether oxygens (including phenoxy) is 1. The third-order valence-electron chi connectivity index (χ3n) is 4.79. The summed E-state index contributed by atoms with van der Waals surface area (Å²) in [6.07, 6.45) is 1.93. The molecule has 3 N–H and O–H groups in total. The Morgan fingerprint density at radius 1 is 1.19 bits per heavy atom. The van der Waals surface area contributed by atoms with E-state index in [1.54, 1.807) is 43.3 Å². The van der Waals surface area contributed by atoms with Gasteiger partial charge in [-0.1, -0.05) is 24.3 Å². The smallest absolute Gasteiger partial charge is 0.353 e. The molecule has 1 saturated carbocycles. The number of carbonyl (C=O) groups excluding carboxylic acids is 1. The first-order valence-corrected chi connectivity index (χ1v) is 8.91. The minimum Gasteiger partial charge on any atom is -0.492 e. The lowest BCUT2D eigenvalue weighted by molar-refractivity contribution is 0.102. The van der Waals surface area contributed by atoms with Crippen LogP contribution >= 0.6 is 0 Å². The van der Waals surface area contributed by atoms with Crippen LogP contribution < -0.4 is 21.4 Å². The van der Waals surface area contributed by atoms with Crippen molar-refractivity contribution in [3.8, 4) is 5.75 Å². The van der Waals surface area contributed by atoms with Crippen molar-refractivity contribution in [2.45, 2.75) is 25.3 Å². The predicted octanol–water partition coefficient (Wildman–Crippen LogP) is 3.39. The van der Waals surface area contributed by atoms with Gasteiger partial charge in [-0.15, -0.1) is 0 Å². The van der Waals surface area contributed by atoms with Crippen LogP contribution in [0.4, 0.5) is 5.69 Å². The molecule has 1 aliphatic rings. The number of rotatable bonds is 5. The van der Waals surface area contributed by atoms with E-state index in [1.807, 2.05) is 12.1 Å². The summed E-state index contributed by atoms with van der Waals surface area (Å²) >= 11 is 0. The van der Waals surface area contributed by atoms with E-state index in [0.717, 1.165) is 18.4 Å². The Kier molecular flexibility index (Phi) is 4.20. The lowest BCUT2D eigenvalue weighted by atomic mass is 10.1. The Morgan fingerprint density at radius 2 is 1.89 bits per heavy atom. The molecule has 6 nitrogen and oxygen atoms in total. The molecule has 0 saturated heterocycles. The van der Waals surface area contributed by atoms with Gasteiger partial charge in [0.25, 0.3) is 5.91 Å². The van der Waals surface area contributed by atoms with Gasteiger partial charge in [0.15, 0.2) is 5.56 Å². The number of hydrogen-bond donors (Lipinski definition) is 2. The molecule has 6 heteroatoms. The van der Waals surface area contributed by atoms with Gasteiger partial charge in [0, 0.05) is 11.2 Å². The zero-order chi connectivity index (χ0) is 19.0. The molecule has 0 aliphatic heterocycles. The molecule has 3 aromatic rings. The topological polar surface area (TPSA) is 94.6 Å². The molecule has 4 rings (SSSR count). The summed E-state index contributed by atoms with van der Waals surface area (Å²) in [5.74, 6) is -0.336. The summed E-state index contributed by atoms with van der Waals surface area (Å²) in [6.45, 7) is 2.12. The highest BCUT2D eigenvalue weighted by Crippen LogP contribution is 2.42. The minimum atomic E-state index is -0.731. The number of anilines is 1. The van der Waals surface area contributed by atoms with Crippen molar-refractivity contribution < 1.29 is 13.9 Å². The molecule has 0 atom stereocenters. The number of amides is 1. The predicted molar refractivity (Wildman–Crippen MR) is 103 cm³/mol. The lowest BCUT2D eigenvalue weighted by Crippen LogP contribution is -2.23. The first-order valence-electron chi connectivity index (χ1n) is 8.91. The number of hydrogen-bond acceptors (Lipinski definition) is 5. The minimum absolute atomic E-state index is 0.142. The van der Waals surface area contributed by atoms with Gasteiger partial charge in [-0.2, -0.15) is 0 Å². The quantitative estimate of drug-likeness (QED) is 0.677. The van der Waals surface area contributed by atoms with Gasteiger partial charge in [0.2, 0.25) is 0 Å². The molecular weight excluding hydrogens is 344 g/mol. The molecule has 0 radical (unpaired) electrons. The van der Waals surface area contributed by atoms with Gasteiger partial charge in [0.05, 0.1) is 12.0 Å². The Morgan fingerprint density at radius 3 is 2.56 bits per heavy atom. The molecular formula is C21H20N2O4. The summed E-state index contributed by atoms with van der Waals surface area (Å²) in [6, 6.07) is 14.3.